The Bertz CT molecular complexity index is 754. The lowest BCUT2D eigenvalue weighted by Gasteiger charge is -2.17. The fourth-order valence-corrected chi connectivity index (χ4v) is 5.77. The van der Waals surface area contributed by atoms with Crippen LogP contribution in [0.1, 0.15) is 141 Å². The minimum absolute atomic E-state index is 1.04. The van der Waals surface area contributed by atoms with Gasteiger partial charge in [-0.05, 0) is 62.3 Å². The normalized spacial score (nSPS) is 11.7. The topological polar surface area (TPSA) is 6.48 Å². The van der Waals surface area contributed by atoms with Gasteiger partial charge >= 0.3 is 0 Å². The molecule has 2 aromatic rings. The second-order valence-electron chi connectivity index (χ2n) is 12.5. The van der Waals surface area contributed by atoms with Crippen LogP contribution in [0.4, 0.5) is 0 Å². The number of rotatable bonds is 25. The van der Waals surface area contributed by atoms with Crippen molar-refractivity contribution in [1.29, 1.82) is 0 Å². The summed E-state index contributed by atoms with van der Waals surface area (Å²) in [5.74, 6) is 0. The molecule has 2 heteroatoms. The van der Waals surface area contributed by atoms with Crippen LogP contribution in [0.5, 0.6) is 0 Å². The maximum Gasteiger partial charge on any atom is 0.0230 e. The van der Waals surface area contributed by atoms with E-state index < -0.39 is 0 Å². The Balaban J connectivity index is 1.59. The molecule has 0 saturated heterocycles. The standard InChI is InChI=1S/C38H64N2/c1-5-7-9-11-13-15-17-19-21-31-39(3)33-35-23-27-37(28-24-35)38-29-25-36(26-30-38)34-40(4)32-22-20-18-16-14-12-10-8-6-2/h23-30H,5-22,31-34H2,1-4H3. The van der Waals surface area contributed by atoms with Crippen molar-refractivity contribution in [2.24, 2.45) is 0 Å². The zero-order valence-corrected chi connectivity index (χ0v) is 27.1. The second-order valence-corrected chi connectivity index (χ2v) is 12.5. The zero-order valence-electron chi connectivity index (χ0n) is 27.1. The molecule has 0 radical (unpaired) electrons. The van der Waals surface area contributed by atoms with Crippen molar-refractivity contribution in [3.05, 3.63) is 59.7 Å². The summed E-state index contributed by atoms with van der Waals surface area (Å²) in [6.45, 7) is 9.08. The predicted molar refractivity (Wildman–Crippen MR) is 179 cm³/mol. The summed E-state index contributed by atoms with van der Waals surface area (Å²) < 4.78 is 0. The lowest BCUT2D eigenvalue weighted by Crippen LogP contribution is -2.19. The SMILES string of the molecule is CCCCCCCCCCCN(C)Cc1ccc(-c2ccc(CN(C)CCCCCCCCCCC)cc2)cc1. The fraction of sp³-hybridized carbons (Fsp3) is 0.684. The number of nitrogens with zero attached hydrogens (tertiary/aromatic N) is 2. The van der Waals surface area contributed by atoms with Crippen LogP contribution in [0.25, 0.3) is 11.1 Å². The molecule has 2 nitrogen and oxygen atoms in total. The molecule has 0 fully saturated rings. The molecule has 40 heavy (non-hydrogen) atoms. The van der Waals surface area contributed by atoms with Gasteiger partial charge in [0.25, 0.3) is 0 Å². The molecular formula is C38H64N2. The first-order chi connectivity index (χ1) is 19.6. The van der Waals surface area contributed by atoms with Crippen LogP contribution in [0.15, 0.2) is 48.5 Å². The quantitative estimate of drug-likeness (QED) is 0.114. The molecule has 0 aliphatic rings. The molecule has 0 amide bonds. The molecule has 0 spiro atoms. The van der Waals surface area contributed by atoms with Gasteiger partial charge in [-0.1, -0.05) is 165 Å². The van der Waals surface area contributed by atoms with Gasteiger partial charge in [0.05, 0.1) is 0 Å². The van der Waals surface area contributed by atoms with Crippen LogP contribution in [-0.2, 0) is 13.1 Å². The lowest BCUT2D eigenvalue weighted by molar-refractivity contribution is 0.316. The molecule has 0 N–H and O–H groups in total. The fourth-order valence-electron chi connectivity index (χ4n) is 5.77. The summed E-state index contributed by atoms with van der Waals surface area (Å²) in [5.41, 5.74) is 5.47. The molecule has 0 heterocycles. The largest absolute Gasteiger partial charge is 0.302 e. The molecule has 0 aliphatic heterocycles. The molecule has 226 valence electrons. The van der Waals surface area contributed by atoms with Gasteiger partial charge in [-0.3, -0.25) is 0 Å². The van der Waals surface area contributed by atoms with Gasteiger partial charge in [0, 0.05) is 13.1 Å². The van der Waals surface area contributed by atoms with Crippen molar-refractivity contribution >= 4 is 0 Å². The summed E-state index contributed by atoms with van der Waals surface area (Å²) in [6.07, 6.45) is 25.2. The third-order valence-corrected chi connectivity index (χ3v) is 8.43. The van der Waals surface area contributed by atoms with E-state index in [1.807, 2.05) is 0 Å². The molecular weight excluding hydrogens is 484 g/mol. The van der Waals surface area contributed by atoms with Gasteiger partial charge < -0.3 is 9.80 Å². The van der Waals surface area contributed by atoms with Crippen molar-refractivity contribution in [3.63, 3.8) is 0 Å². The summed E-state index contributed by atoms with van der Waals surface area (Å²) >= 11 is 0. The van der Waals surface area contributed by atoms with Crippen LogP contribution in [0, 0.1) is 0 Å². The van der Waals surface area contributed by atoms with E-state index in [4.69, 9.17) is 0 Å². The third kappa shape index (κ3) is 16.6. The van der Waals surface area contributed by atoms with Crippen molar-refractivity contribution < 1.29 is 0 Å². The van der Waals surface area contributed by atoms with Crippen LogP contribution >= 0.6 is 0 Å². The third-order valence-electron chi connectivity index (χ3n) is 8.43. The first-order valence-corrected chi connectivity index (χ1v) is 17.2. The van der Waals surface area contributed by atoms with E-state index in [1.54, 1.807) is 0 Å². The van der Waals surface area contributed by atoms with Crippen molar-refractivity contribution in [3.8, 4) is 11.1 Å². The highest BCUT2D eigenvalue weighted by Crippen LogP contribution is 2.22. The van der Waals surface area contributed by atoms with Crippen LogP contribution in [0.3, 0.4) is 0 Å². The Morgan fingerprint density at radius 2 is 0.650 bits per heavy atom. The lowest BCUT2D eigenvalue weighted by atomic mass is 10.0. The number of unbranched alkanes of at least 4 members (excludes halogenated alkanes) is 16. The van der Waals surface area contributed by atoms with E-state index in [9.17, 15) is 0 Å². The first-order valence-electron chi connectivity index (χ1n) is 17.2. The molecule has 0 saturated carbocycles. The van der Waals surface area contributed by atoms with Gasteiger partial charge in [0.2, 0.25) is 0 Å². The molecule has 0 aromatic heterocycles. The molecule has 2 rings (SSSR count). The Morgan fingerprint density at radius 3 is 0.950 bits per heavy atom. The molecule has 2 aromatic carbocycles. The van der Waals surface area contributed by atoms with Gasteiger partial charge in [0.15, 0.2) is 0 Å². The summed E-state index contributed by atoms with van der Waals surface area (Å²) in [6, 6.07) is 18.5. The van der Waals surface area contributed by atoms with Gasteiger partial charge in [-0.2, -0.15) is 0 Å². The number of hydrogen-bond donors (Lipinski definition) is 0. The van der Waals surface area contributed by atoms with Crippen molar-refractivity contribution in [1.82, 2.24) is 9.80 Å². The van der Waals surface area contributed by atoms with Crippen LogP contribution < -0.4 is 0 Å². The summed E-state index contributed by atoms with van der Waals surface area (Å²) in [4.78, 5) is 4.96. The van der Waals surface area contributed by atoms with Crippen LogP contribution in [-0.4, -0.2) is 37.0 Å². The van der Waals surface area contributed by atoms with E-state index in [-0.39, 0.29) is 0 Å². The average Bonchev–Trinajstić information content (AvgIpc) is 2.96. The molecule has 0 atom stereocenters. The summed E-state index contributed by atoms with van der Waals surface area (Å²) in [7, 11) is 4.54. The minimum atomic E-state index is 1.04. The van der Waals surface area contributed by atoms with Gasteiger partial charge in [0.1, 0.15) is 0 Å². The average molecular weight is 549 g/mol. The molecule has 0 aliphatic carbocycles. The van der Waals surface area contributed by atoms with Crippen molar-refractivity contribution in [2.75, 3.05) is 27.2 Å². The smallest absolute Gasteiger partial charge is 0.0230 e. The number of benzene rings is 2. The maximum absolute atomic E-state index is 2.48. The highest BCUT2D eigenvalue weighted by atomic mass is 15.1. The maximum atomic E-state index is 2.48. The molecule has 0 bridgehead atoms. The van der Waals surface area contributed by atoms with E-state index in [0.29, 0.717) is 0 Å². The molecule has 0 unspecified atom stereocenters. The second kappa shape index (κ2) is 23.0. The van der Waals surface area contributed by atoms with E-state index >= 15 is 0 Å². The van der Waals surface area contributed by atoms with Gasteiger partial charge in [-0.15, -0.1) is 0 Å². The Kier molecular flexibility index (Phi) is 19.9. The predicted octanol–water partition coefficient (Wildman–Crippen LogP) is 11.3. The Morgan fingerprint density at radius 1 is 0.375 bits per heavy atom. The highest BCUT2D eigenvalue weighted by molar-refractivity contribution is 5.63. The highest BCUT2D eigenvalue weighted by Gasteiger charge is 2.05. The van der Waals surface area contributed by atoms with Crippen molar-refractivity contribution in [2.45, 2.75) is 143 Å². The Hall–Kier alpha value is -1.64. The van der Waals surface area contributed by atoms with E-state index in [2.05, 4.69) is 86.3 Å². The summed E-state index contributed by atoms with van der Waals surface area (Å²) in [5, 5.41) is 0. The Labute approximate surface area is 249 Å². The monoisotopic (exact) mass is 549 g/mol. The van der Waals surface area contributed by atoms with Crippen LogP contribution in [0.2, 0.25) is 0 Å². The van der Waals surface area contributed by atoms with Gasteiger partial charge in [-0.25, -0.2) is 0 Å². The van der Waals surface area contributed by atoms with E-state index in [0.717, 1.165) is 13.1 Å². The first kappa shape index (κ1) is 34.6. The number of hydrogen-bond acceptors (Lipinski definition) is 2. The zero-order chi connectivity index (χ0) is 28.7. The minimum Gasteiger partial charge on any atom is -0.302 e. The van der Waals surface area contributed by atoms with E-state index in [1.165, 1.54) is 151 Å².